The van der Waals surface area contributed by atoms with Crippen LogP contribution in [-0.4, -0.2) is 75.6 Å². The normalized spacial score (nSPS) is 26.4. The van der Waals surface area contributed by atoms with E-state index >= 15 is 0 Å². The second-order valence-corrected chi connectivity index (χ2v) is 10.6. The number of ketones is 2. The van der Waals surface area contributed by atoms with Gasteiger partial charge in [0.15, 0.2) is 11.4 Å². The van der Waals surface area contributed by atoms with Crippen LogP contribution in [0.15, 0.2) is 53.3 Å². The highest BCUT2D eigenvalue weighted by atomic mass is 16.5. The molecule has 39 heavy (non-hydrogen) atoms. The van der Waals surface area contributed by atoms with Gasteiger partial charge in [-0.3, -0.25) is 19.3 Å². The Morgan fingerprint density at radius 1 is 1.15 bits per heavy atom. The molecule has 0 heterocycles. The Hall–Kier alpha value is -3.99. The van der Waals surface area contributed by atoms with Crippen LogP contribution < -0.4 is 5.73 Å². The lowest BCUT2D eigenvalue weighted by Crippen LogP contribution is -2.65. The third kappa shape index (κ3) is 3.78. The van der Waals surface area contributed by atoms with Crippen LogP contribution in [0, 0.1) is 11.8 Å². The van der Waals surface area contributed by atoms with Crippen molar-refractivity contribution >= 4 is 23.2 Å². The van der Waals surface area contributed by atoms with Crippen LogP contribution >= 0.6 is 0 Å². The minimum atomic E-state index is -2.66. The number of ether oxygens (including phenoxy) is 1. The molecule has 204 valence electrons. The number of carbonyl (C=O) groups excluding carboxylic acids is 3. The number of methoxy groups -OCH3 is 1. The maximum absolute atomic E-state index is 13.9. The van der Waals surface area contributed by atoms with E-state index < -0.39 is 58.0 Å². The van der Waals surface area contributed by atoms with Crippen molar-refractivity contribution in [2.45, 2.75) is 31.1 Å². The summed E-state index contributed by atoms with van der Waals surface area (Å²) in [7, 11) is 4.73. The molecular weight excluding hydrogens is 504 g/mol. The molecule has 10 nitrogen and oxygen atoms in total. The Labute approximate surface area is 224 Å². The largest absolute Gasteiger partial charge is 0.508 e. The quantitative estimate of drug-likeness (QED) is 0.359. The molecule has 10 heteroatoms. The van der Waals surface area contributed by atoms with Crippen LogP contribution in [0.3, 0.4) is 0 Å². The second kappa shape index (κ2) is 9.33. The molecule has 2 aromatic carbocycles. The number of carbonyl (C=O) groups is 3. The van der Waals surface area contributed by atoms with Crippen molar-refractivity contribution in [2.24, 2.45) is 17.6 Å². The van der Waals surface area contributed by atoms with Crippen LogP contribution in [0.2, 0.25) is 0 Å². The predicted molar refractivity (Wildman–Crippen MR) is 140 cm³/mol. The highest BCUT2D eigenvalue weighted by molar-refractivity contribution is 6.24. The number of benzene rings is 2. The Bertz CT molecular complexity index is 1490. The molecule has 1 amide bonds. The van der Waals surface area contributed by atoms with Gasteiger partial charge in [0.05, 0.1) is 18.2 Å². The van der Waals surface area contributed by atoms with Gasteiger partial charge in [-0.1, -0.05) is 24.3 Å². The summed E-state index contributed by atoms with van der Waals surface area (Å²) in [5.41, 5.74) is 4.83. The number of nitrogens with zero attached hydrogens (tertiary/aromatic N) is 1. The molecule has 0 saturated heterocycles. The lowest BCUT2D eigenvalue weighted by molar-refractivity contribution is -0.153. The maximum Gasteiger partial charge on any atom is 0.255 e. The van der Waals surface area contributed by atoms with Crippen molar-refractivity contribution in [3.63, 3.8) is 0 Å². The fraction of sp³-hybridized carbons (Fsp3) is 0.345. The second-order valence-electron chi connectivity index (χ2n) is 10.6. The Balaban J connectivity index is 1.72. The molecule has 1 saturated carbocycles. The standard InChI is InChI=1S/C29H30N2O8/c1-31(2)23-18-11-15-10-17-16(14-6-4-5-13(9-14)12-39-3)7-8-19(32)21(17)24(33)20(15)26(35)29(18,38)27(36)22(25(23)34)28(30)37/h4-9,15,18,23,32-33,36,38H,10-12H2,1-3H3,(H2,30,37). The van der Waals surface area contributed by atoms with E-state index in [0.717, 1.165) is 16.7 Å². The number of phenolic OH excluding ortho intramolecular Hbond substituents is 1. The molecule has 0 bridgehead atoms. The van der Waals surface area contributed by atoms with Gasteiger partial charge in [-0.15, -0.1) is 0 Å². The number of nitrogens with two attached hydrogens (primary N) is 1. The molecule has 0 spiro atoms. The van der Waals surface area contributed by atoms with Crippen molar-refractivity contribution in [3.8, 4) is 16.9 Å². The van der Waals surface area contributed by atoms with Gasteiger partial charge in [0.25, 0.3) is 5.91 Å². The number of likely N-dealkylation sites (N-methyl/N-ethyl adjacent to an activating group) is 1. The van der Waals surface area contributed by atoms with Crippen LogP contribution in [0.4, 0.5) is 0 Å². The van der Waals surface area contributed by atoms with E-state index in [1.165, 1.54) is 11.0 Å². The minimum absolute atomic E-state index is 0.0323. The average molecular weight is 535 g/mol. The van der Waals surface area contributed by atoms with E-state index in [9.17, 15) is 34.8 Å². The topological polar surface area (TPSA) is 171 Å². The first-order valence-electron chi connectivity index (χ1n) is 12.5. The lowest BCUT2D eigenvalue weighted by atomic mass is 9.57. The molecule has 5 rings (SSSR count). The number of hydrogen-bond acceptors (Lipinski definition) is 9. The number of phenols is 1. The summed E-state index contributed by atoms with van der Waals surface area (Å²) in [6, 6.07) is 9.64. The molecule has 1 fully saturated rings. The van der Waals surface area contributed by atoms with Gasteiger partial charge in [0.1, 0.15) is 22.8 Å². The van der Waals surface area contributed by atoms with E-state index in [4.69, 9.17) is 10.5 Å². The average Bonchev–Trinajstić information content (AvgIpc) is 2.86. The summed E-state index contributed by atoms with van der Waals surface area (Å²) in [6.45, 7) is 0.394. The van der Waals surface area contributed by atoms with E-state index in [0.29, 0.717) is 12.2 Å². The monoisotopic (exact) mass is 534 g/mol. The number of aliphatic hydroxyl groups is 3. The maximum atomic E-state index is 13.9. The highest BCUT2D eigenvalue weighted by Crippen LogP contribution is 2.53. The Morgan fingerprint density at radius 3 is 2.51 bits per heavy atom. The summed E-state index contributed by atoms with van der Waals surface area (Å²) in [5.74, 6) is -6.72. The molecule has 0 aromatic heterocycles. The highest BCUT2D eigenvalue weighted by Gasteiger charge is 2.64. The summed E-state index contributed by atoms with van der Waals surface area (Å²) in [4.78, 5) is 40.7. The van der Waals surface area contributed by atoms with Crippen molar-refractivity contribution in [1.29, 1.82) is 0 Å². The first-order chi connectivity index (χ1) is 18.4. The van der Waals surface area contributed by atoms with E-state index in [-0.39, 0.29) is 29.7 Å². The zero-order valence-electron chi connectivity index (χ0n) is 21.8. The summed E-state index contributed by atoms with van der Waals surface area (Å²) in [6.07, 6.45) is 0.247. The zero-order valence-corrected chi connectivity index (χ0v) is 21.8. The van der Waals surface area contributed by atoms with Gasteiger partial charge in [-0.05, 0) is 67.2 Å². The summed E-state index contributed by atoms with van der Waals surface area (Å²) in [5, 5.41) is 44.8. The molecule has 0 aliphatic heterocycles. The predicted octanol–water partition coefficient (Wildman–Crippen LogP) is 1.78. The molecule has 3 aliphatic rings. The third-order valence-corrected chi connectivity index (χ3v) is 8.15. The SMILES string of the molecule is COCc1cccc(-c2ccc(O)c3c2CC2CC4C(N(C)C)C(=O)C(C(N)=O)=C(O)C4(O)C(=O)C2=C3O)c1. The third-order valence-electron chi connectivity index (χ3n) is 8.15. The van der Waals surface area contributed by atoms with Crippen LogP contribution in [0.25, 0.3) is 16.9 Å². The number of amides is 1. The van der Waals surface area contributed by atoms with Gasteiger partial charge in [-0.25, -0.2) is 0 Å². The summed E-state index contributed by atoms with van der Waals surface area (Å²) < 4.78 is 5.25. The van der Waals surface area contributed by atoms with Crippen molar-refractivity contribution in [3.05, 3.63) is 70.0 Å². The first-order valence-corrected chi connectivity index (χ1v) is 12.5. The Kier molecular flexibility index (Phi) is 6.37. The van der Waals surface area contributed by atoms with E-state index in [2.05, 4.69) is 0 Å². The zero-order chi connectivity index (χ0) is 28.4. The number of primary amides is 1. The van der Waals surface area contributed by atoms with Gasteiger partial charge in [-0.2, -0.15) is 0 Å². The lowest BCUT2D eigenvalue weighted by Gasteiger charge is -2.50. The number of fused-ring (bicyclic) bond motifs is 3. The smallest absolute Gasteiger partial charge is 0.255 e. The number of hydrogen-bond donors (Lipinski definition) is 5. The molecule has 3 aliphatic carbocycles. The number of aliphatic hydroxyl groups excluding tert-OH is 2. The van der Waals surface area contributed by atoms with Crippen molar-refractivity contribution in [1.82, 2.24) is 4.90 Å². The van der Waals surface area contributed by atoms with Crippen molar-refractivity contribution < 1.29 is 39.5 Å². The van der Waals surface area contributed by atoms with Crippen LogP contribution in [0.5, 0.6) is 5.75 Å². The number of rotatable bonds is 5. The van der Waals surface area contributed by atoms with Crippen LogP contribution in [0.1, 0.15) is 23.1 Å². The van der Waals surface area contributed by atoms with Gasteiger partial charge < -0.3 is 30.9 Å². The Morgan fingerprint density at radius 2 is 1.87 bits per heavy atom. The fourth-order valence-electron chi connectivity index (χ4n) is 6.51. The molecule has 6 N–H and O–H groups in total. The first kappa shape index (κ1) is 26.6. The summed E-state index contributed by atoms with van der Waals surface area (Å²) >= 11 is 0. The number of aromatic hydroxyl groups is 1. The molecule has 0 radical (unpaired) electrons. The van der Waals surface area contributed by atoms with Crippen LogP contribution in [-0.2, 0) is 32.1 Å². The minimum Gasteiger partial charge on any atom is -0.508 e. The number of Topliss-reactive ketones (excluding diaryl/α,β-unsaturated/α-hetero) is 2. The van der Waals surface area contributed by atoms with Gasteiger partial charge >= 0.3 is 0 Å². The van der Waals surface area contributed by atoms with Gasteiger partial charge in [0.2, 0.25) is 5.78 Å². The van der Waals surface area contributed by atoms with Gasteiger partial charge in [0, 0.05) is 18.6 Å². The van der Waals surface area contributed by atoms with E-state index in [1.807, 2.05) is 24.3 Å². The molecule has 4 unspecified atom stereocenters. The van der Waals surface area contributed by atoms with E-state index in [1.54, 1.807) is 27.3 Å². The molecular formula is C29H30N2O8. The van der Waals surface area contributed by atoms with Crippen molar-refractivity contribution in [2.75, 3.05) is 21.2 Å². The molecule has 2 aromatic rings. The fourth-order valence-corrected chi connectivity index (χ4v) is 6.51. The molecule has 4 atom stereocenters.